The number of benzene rings is 1. The second kappa shape index (κ2) is 7.07. The van der Waals surface area contributed by atoms with Crippen molar-refractivity contribution in [2.45, 2.75) is 30.4 Å². The molecule has 2 atom stereocenters. The van der Waals surface area contributed by atoms with Crippen LogP contribution in [0, 0.1) is 0 Å². The number of rotatable bonds is 5. The number of thioether (sulfide) groups is 1. The number of esters is 1. The summed E-state index contributed by atoms with van der Waals surface area (Å²) in [5.74, 6) is 0.813. The lowest BCUT2D eigenvalue weighted by Crippen LogP contribution is -2.46. The van der Waals surface area contributed by atoms with Gasteiger partial charge in [0.2, 0.25) is 5.91 Å². The fourth-order valence-electron chi connectivity index (χ4n) is 3.86. The van der Waals surface area contributed by atoms with Gasteiger partial charge in [-0.15, -0.1) is 22.0 Å². The first-order chi connectivity index (χ1) is 14.2. The molecular weight excluding hydrogens is 394 g/mol. The molecule has 0 unspecified atom stereocenters. The lowest BCUT2D eigenvalue weighted by Gasteiger charge is -2.33. The minimum absolute atomic E-state index is 0.0290. The predicted octanol–water partition coefficient (Wildman–Crippen LogP) is 2.96. The SMILES string of the molecule is O=C(OCc1nnc(-c2ccco2)o1)[C@H]1CS[C@@]2(c3ccccc3)CCC(=O)N12. The Kier molecular flexibility index (Phi) is 4.39. The zero-order valence-electron chi connectivity index (χ0n) is 15.3. The first-order valence-corrected chi connectivity index (χ1v) is 10.2. The quantitative estimate of drug-likeness (QED) is 0.591. The summed E-state index contributed by atoms with van der Waals surface area (Å²) in [6.07, 6.45) is 2.60. The third kappa shape index (κ3) is 3.02. The summed E-state index contributed by atoms with van der Waals surface area (Å²) in [5, 5.41) is 7.75. The van der Waals surface area contributed by atoms with E-state index in [2.05, 4.69) is 10.2 Å². The number of hydrogen-bond donors (Lipinski definition) is 0. The van der Waals surface area contributed by atoms with Crippen LogP contribution in [0.25, 0.3) is 11.7 Å². The molecule has 5 rings (SSSR count). The number of fused-ring (bicyclic) bond motifs is 1. The van der Waals surface area contributed by atoms with Crippen molar-refractivity contribution in [1.29, 1.82) is 0 Å². The number of furan rings is 1. The summed E-state index contributed by atoms with van der Waals surface area (Å²) in [5.41, 5.74) is 1.03. The van der Waals surface area contributed by atoms with Crippen LogP contribution in [0.4, 0.5) is 0 Å². The highest BCUT2D eigenvalue weighted by Gasteiger charge is 2.57. The number of hydrogen-bond acceptors (Lipinski definition) is 8. The molecule has 4 heterocycles. The van der Waals surface area contributed by atoms with Gasteiger partial charge < -0.3 is 18.5 Å². The number of carbonyl (C=O) groups is 2. The smallest absolute Gasteiger partial charge is 0.330 e. The van der Waals surface area contributed by atoms with Gasteiger partial charge in [-0.25, -0.2) is 4.79 Å². The summed E-state index contributed by atoms with van der Waals surface area (Å²) < 4.78 is 16.1. The molecule has 0 spiro atoms. The van der Waals surface area contributed by atoms with E-state index in [1.807, 2.05) is 30.3 Å². The molecule has 9 heteroatoms. The van der Waals surface area contributed by atoms with E-state index in [0.29, 0.717) is 24.4 Å². The maximum absolute atomic E-state index is 12.8. The standard InChI is InChI=1S/C20H17N3O5S/c24-17-8-9-20(13-5-2-1-3-6-13)23(17)14(12-29-20)19(25)27-11-16-21-22-18(28-16)15-7-4-10-26-15/h1-7,10,14H,8-9,11-12H2/t14-,20-/m1/s1. The van der Waals surface area contributed by atoms with Crippen LogP contribution in [-0.4, -0.2) is 38.8 Å². The van der Waals surface area contributed by atoms with Gasteiger partial charge in [0.1, 0.15) is 10.9 Å². The summed E-state index contributed by atoms with van der Waals surface area (Å²) in [7, 11) is 0. The monoisotopic (exact) mass is 411 g/mol. The Bertz CT molecular complexity index is 1040. The molecule has 1 aromatic carbocycles. The predicted molar refractivity (Wildman–Crippen MR) is 102 cm³/mol. The lowest BCUT2D eigenvalue weighted by molar-refractivity contribution is -0.155. The van der Waals surface area contributed by atoms with E-state index in [-0.39, 0.29) is 24.3 Å². The minimum Gasteiger partial charge on any atom is -0.459 e. The van der Waals surface area contributed by atoms with Crippen molar-refractivity contribution >= 4 is 23.6 Å². The van der Waals surface area contributed by atoms with Crippen LogP contribution in [0.15, 0.2) is 57.6 Å². The average molecular weight is 411 g/mol. The molecule has 148 valence electrons. The summed E-state index contributed by atoms with van der Waals surface area (Å²) >= 11 is 1.62. The van der Waals surface area contributed by atoms with Gasteiger partial charge in [0.15, 0.2) is 12.4 Å². The van der Waals surface area contributed by atoms with Gasteiger partial charge >= 0.3 is 5.97 Å². The van der Waals surface area contributed by atoms with E-state index in [1.165, 1.54) is 6.26 Å². The second-order valence-electron chi connectivity index (χ2n) is 6.83. The molecule has 8 nitrogen and oxygen atoms in total. The van der Waals surface area contributed by atoms with E-state index in [1.54, 1.807) is 28.8 Å². The van der Waals surface area contributed by atoms with E-state index in [0.717, 1.165) is 5.56 Å². The fraction of sp³-hybridized carbons (Fsp3) is 0.300. The first kappa shape index (κ1) is 18.0. The highest BCUT2D eigenvalue weighted by atomic mass is 32.2. The molecule has 2 aliphatic heterocycles. The molecule has 1 amide bonds. The molecule has 2 fully saturated rings. The van der Waals surface area contributed by atoms with Gasteiger partial charge in [0.05, 0.1) is 6.26 Å². The number of amides is 1. The van der Waals surface area contributed by atoms with Crippen molar-refractivity contribution in [3.63, 3.8) is 0 Å². The topological polar surface area (TPSA) is 98.7 Å². The Labute approximate surface area is 170 Å². The third-order valence-corrected chi connectivity index (χ3v) is 6.76. The maximum Gasteiger partial charge on any atom is 0.330 e. The van der Waals surface area contributed by atoms with E-state index in [4.69, 9.17) is 13.6 Å². The third-order valence-electron chi connectivity index (χ3n) is 5.16. The first-order valence-electron chi connectivity index (χ1n) is 9.22. The largest absolute Gasteiger partial charge is 0.459 e. The number of carbonyl (C=O) groups excluding carboxylic acids is 2. The summed E-state index contributed by atoms with van der Waals surface area (Å²) in [6, 6.07) is 12.6. The highest BCUT2D eigenvalue weighted by Crippen LogP contribution is 2.54. The van der Waals surface area contributed by atoms with Crippen LogP contribution < -0.4 is 0 Å². The van der Waals surface area contributed by atoms with E-state index < -0.39 is 16.9 Å². The molecule has 3 aromatic rings. The zero-order chi connectivity index (χ0) is 19.8. The van der Waals surface area contributed by atoms with Crippen LogP contribution in [0.1, 0.15) is 24.3 Å². The van der Waals surface area contributed by atoms with E-state index >= 15 is 0 Å². The Morgan fingerprint density at radius 2 is 2.10 bits per heavy atom. The van der Waals surface area contributed by atoms with Crippen molar-refractivity contribution < 1.29 is 23.2 Å². The summed E-state index contributed by atoms with van der Waals surface area (Å²) in [4.78, 5) is 26.6. The number of aromatic nitrogens is 2. The van der Waals surface area contributed by atoms with Gasteiger partial charge in [0, 0.05) is 12.2 Å². The van der Waals surface area contributed by atoms with Gasteiger partial charge in [-0.3, -0.25) is 4.79 Å². The fourth-order valence-corrected chi connectivity index (χ4v) is 5.49. The van der Waals surface area contributed by atoms with Gasteiger partial charge in [-0.1, -0.05) is 30.3 Å². The van der Waals surface area contributed by atoms with Crippen LogP contribution in [0.5, 0.6) is 0 Å². The molecule has 2 saturated heterocycles. The van der Waals surface area contributed by atoms with Gasteiger partial charge in [-0.05, 0) is 24.1 Å². The van der Waals surface area contributed by atoms with Crippen molar-refractivity contribution in [2.75, 3.05) is 5.75 Å². The molecule has 0 aliphatic carbocycles. The Morgan fingerprint density at radius 1 is 1.24 bits per heavy atom. The molecule has 2 aromatic heterocycles. The van der Waals surface area contributed by atoms with Crippen LogP contribution >= 0.6 is 11.8 Å². The molecular formula is C20H17N3O5S. The Balaban J connectivity index is 1.30. The highest BCUT2D eigenvalue weighted by molar-refractivity contribution is 8.00. The number of ether oxygens (including phenoxy) is 1. The van der Waals surface area contributed by atoms with Crippen molar-refractivity contribution in [1.82, 2.24) is 15.1 Å². The van der Waals surface area contributed by atoms with Crippen molar-refractivity contribution in [3.05, 3.63) is 60.2 Å². The molecule has 0 saturated carbocycles. The molecule has 0 N–H and O–H groups in total. The second-order valence-corrected chi connectivity index (χ2v) is 8.12. The van der Waals surface area contributed by atoms with E-state index in [9.17, 15) is 9.59 Å². The maximum atomic E-state index is 12.8. The molecule has 0 bridgehead atoms. The molecule has 29 heavy (non-hydrogen) atoms. The normalized spacial score (nSPS) is 23.4. The van der Waals surface area contributed by atoms with Crippen LogP contribution in [0.2, 0.25) is 0 Å². The molecule has 2 aliphatic rings. The van der Waals surface area contributed by atoms with Crippen LogP contribution in [0.3, 0.4) is 0 Å². The molecule has 0 radical (unpaired) electrons. The average Bonchev–Trinajstić information content (AvgIpc) is 3.52. The summed E-state index contributed by atoms with van der Waals surface area (Å²) in [6.45, 7) is -0.159. The lowest BCUT2D eigenvalue weighted by atomic mass is 10.0. The van der Waals surface area contributed by atoms with Crippen LogP contribution in [-0.2, 0) is 25.8 Å². The Morgan fingerprint density at radius 3 is 2.90 bits per heavy atom. The van der Waals surface area contributed by atoms with Crippen molar-refractivity contribution in [2.24, 2.45) is 0 Å². The van der Waals surface area contributed by atoms with Gasteiger partial charge in [0.25, 0.3) is 11.8 Å². The minimum atomic E-state index is -0.636. The zero-order valence-corrected chi connectivity index (χ0v) is 16.1. The number of nitrogens with zero attached hydrogens (tertiary/aromatic N) is 3. The van der Waals surface area contributed by atoms with Gasteiger partial charge in [-0.2, -0.15) is 0 Å². The Hall–Kier alpha value is -3.07. The van der Waals surface area contributed by atoms with Crippen molar-refractivity contribution in [3.8, 4) is 11.7 Å².